The largest absolute Gasteiger partial charge is 0.480 e. The number of hydrogen-bond donors (Lipinski definition) is 2. The molecule has 0 rings (SSSR count). The molecule has 2 unspecified atom stereocenters. The summed E-state index contributed by atoms with van der Waals surface area (Å²) >= 11 is 0. The second-order valence-corrected chi connectivity index (χ2v) is 3.40. The van der Waals surface area contributed by atoms with E-state index in [4.69, 9.17) is 9.84 Å². The monoisotopic (exact) mass is 229 g/mol. The molecule has 0 fully saturated rings. The van der Waals surface area contributed by atoms with Gasteiger partial charge < -0.3 is 15.2 Å². The van der Waals surface area contributed by atoms with E-state index in [0.717, 1.165) is 0 Å². The first-order chi connectivity index (χ1) is 7.52. The van der Waals surface area contributed by atoms with E-state index >= 15 is 0 Å². The fraction of sp³-hybridized carbons (Fsp3) is 0.636. The topological polar surface area (TPSA) is 75.6 Å². The quantitative estimate of drug-likeness (QED) is 0.480. The molecule has 0 spiro atoms. The van der Waals surface area contributed by atoms with Crippen LogP contribution in [0.1, 0.15) is 26.7 Å². The first-order valence-corrected chi connectivity index (χ1v) is 5.28. The average Bonchev–Trinajstić information content (AvgIpc) is 2.25. The molecule has 0 aliphatic carbocycles. The van der Waals surface area contributed by atoms with Crippen molar-refractivity contribution in [3.05, 3.63) is 12.7 Å². The maximum atomic E-state index is 11.5. The standard InChI is InChI=1S/C11H19NO4/c1-4-6-7-16-8(3)10(13)12-9(5-2)11(14)15/h4,8-9H,1,5-7H2,2-3H3,(H,12,13)(H,14,15). The lowest BCUT2D eigenvalue weighted by Crippen LogP contribution is -2.45. The highest BCUT2D eigenvalue weighted by atomic mass is 16.5. The zero-order valence-corrected chi connectivity index (χ0v) is 9.73. The average molecular weight is 229 g/mol. The molecule has 2 atom stereocenters. The van der Waals surface area contributed by atoms with Crippen LogP contribution in [0, 0.1) is 0 Å². The summed E-state index contributed by atoms with van der Waals surface area (Å²) in [5, 5.41) is 11.2. The molecule has 0 aliphatic rings. The van der Waals surface area contributed by atoms with Crippen LogP contribution >= 0.6 is 0 Å². The van der Waals surface area contributed by atoms with Gasteiger partial charge in [-0.25, -0.2) is 4.79 Å². The van der Waals surface area contributed by atoms with Gasteiger partial charge in [0.15, 0.2) is 0 Å². The summed E-state index contributed by atoms with van der Waals surface area (Å²) in [7, 11) is 0. The minimum absolute atomic E-state index is 0.348. The summed E-state index contributed by atoms with van der Waals surface area (Å²) in [6.45, 7) is 7.22. The molecule has 0 bridgehead atoms. The normalized spacial score (nSPS) is 13.9. The second kappa shape index (κ2) is 7.87. The number of rotatable bonds is 8. The Morgan fingerprint density at radius 2 is 2.19 bits per heavy atom. The van der Waals surface area contributed by atoms with Crippen molar-refractivity contribution in [2.75, 3.05) is 6.61 Å². The molecular formula is C11H19NO4. The van der Waals surface area contributed by atoms with Crippen LogP contribution in [0.5, 0.6) is 0 Å². The molecule has 2 N–H and O–H groups in total. The predicted molar refractivity (Wildman–Crippen MR) is 60.1 cm³/mol. The van der Waals surface area contributed by atoms with Gasteiger partial charge in [-0.15, -0.1) is 6.58 Å². The SMILES string of the molecule is C=CCCOC(C)C(=O)NC(CC)C(=O)O. The van der Waals surface area contributed by atoms with Gasteiger partial charge in [0.2, 0.25) is 5.91 Å². The van der Waals surface area contributed by atoms with Gasteiger partial charge in [0.25, 0.3) is 0 Å². The number of nitrogens with one attached hydrogen (secondary N) is 1. The number of carboxylic acid groups (broad SMARTS) is 1. The van der Waals surface area contributed by atoms with Crippen molar-refractivity contribution < 1.29 is 19.4 Å². The van der Waals surface area contributed by atoms with Crippen molar-refractivity contribution in [1.82, 2.24) is 5.32 Å². The lowest BCUT2D eigenvalue weighted by Gasteiger charge is -2.16. The number of ether oxygens (including phenoxy) is 1. The number of amides is 1. The van der Waals surface area contributed by atoms with Crippen LogP contribution in [0.4, 0.5) is 0 Å². The van der Waals surface area contributed by atoms with Crippen molar-refractivity contribution in [2.24, 2.45) is 0 Å². The van der Waals surface area contributed by atoms with E-state index in [1.54, 1.807) is 19.9 Å². The number of aliphatic carboxylic acids is 1. The van der Waals surface area contributed by atoms with Gasteiger partial charge in [-0.05, 0) is 19.8 Å². The lowest BCUT2D eigenvalue weighted by molar-refractivity contribution is -0.144. The molecule has 16 heavy (non-hydrogen) atoms. The molecule has 1 amide bonds. The van der Waals surface area contributed by atoms with E-state index in [2.05, 4.69) is 11.9 Å². The summed E-state index contributed by atoms with van der Waals surface area (Å²) < 4.78 is 5.19. The zero-order chi connectivity index (χ0) is 12.6. The van der Waals surface area contributed by atoms with E-state index in [0.29, 0.717) is 19.4 Å². The third kappa shape index (κ3) is 5.50. The van der Waals surface area contributed by atoms with Gasteiger partial charge in [0.05, 0.1) is 6.61 Å². The van der Waals surface area contributed by atoms with E-state index in [9.17, 15) is 9.59 Å². The summed E-state index contributed by atoms with van der Waals surface area (Å²) in [6, 6.07) is -0.849. The van der Waals surface area contributed by atoms with Crippen molar-refractivity contribution in [3.63, 3.8) is 0 Å². The van der Waals surface area contributed by atoms with Crippen LogP contribution in [0.2, 0.25) is 0 Å². The number of carboxylic acids is 1. The van der Waals surface area contributed by atoms with Crippen molar-refractivity contribution >= 4 is 11.9 Å². The maximum absolute atomic E-state index is 11.5. The summed E-state index contributed by atoms with van der Waals surface area (Å²) in [6.07, 6.45) is 2.05. The van der Waals surface area contributed by atoms with E-state index in [1.165, 1.54) is 0 Å². The van der Waals surface area contributed by atoms with Crippen LogP contribution in [-0.4, -0.2) is 35.7 Å². The first kappa shape index (κ1) is 14.6. The minimum Gasteiger partial charge on any atom is -0.480 e. The maximum Gasteiger partial charge on any atom is 0.326 e. The highest BCUT2D eigenvalue weighted by Crippen LogP contribution is 1.97. The molecule has 0 aromatic carbocycles. The molecule has 92 valence electrons. The number of carbonyl (C=O) groups is 2. The number of hydrogen-bond acceptors (Lipinski definition) is 3. The van der Waals surface area contributed by atoms with Gasteiger partial charge in [-0.3, -0.25) is 4.79 Å². The van der Waals surface area contributed by atoms with Crippen molar-refractivity contribution in [2.45, 2.75) is 38.8 Å². The molecule has 0 aromatic heterocycles. The van der Waals surface area contributed by atoms with E-state index in [-0.39, 0.29) is 0 Å². The van der Waals surface area contributed by atoms with Crippen LogP contribution in [0.3, 0.4) is 0 Å². The van der Waals surface area contributed by atoms with Gasteiger partial charge in [0, 0.05) is 0 Å². The smallest absolute Gasteiger partial charge is 0.326 e. The molecule has 0 saturated carbocycles. The van der Waals surface area contributed by atoms with Crippen LogP contribution in [-0.2, 0) is 14.3 Å². The van der Waals surface area contributed by atoms with Crippen LogP contribution in [0.25, 0.3) is 0 Å². The summed E-state index contributed by atoms with van der Waals surface area (Å²) in [4.78, 5) is 22.2. The Labute approximate surface area is 95.5 Å². The fourth-order valence-corrected chi connectivity index (χ4v) is 1.03. The minimum atomic E-state index is -1.03. The summed E-state index contributed by atoms with van der Waals surface area (Å²) in [5.41, 5.74) is 0. The molecule has 0 heterocycles. The van der Waals surface area contributed by atoms with E-state index < -0.39 is 24.0 Å². The third-order valence-electron chi connectivity index (χ3n) is 2.08. The highest BCUT2D eigenvalue weighted by molar-refractivity contribution is 5.85. The Bertz CT molecular complexity index is 252. The molecule has 5 heteroatoms. The van der Waals surface area contributed by atoms with Gasteiger partial charge >= 0.3 is 5.97 Å². The zero-order valence-electron chi connectivity index (χ0n) is 9.73. The Balaban J connectivity index is 4.02. The Morgan fingerprint density at radius 1 is 1.56 bits per heavy atom. The molecule has 0 saturated heterocycles. The molecular weight excluding hydrogens is 210 g/mol. The molecule has 0 aliphatic heterocycles. The van der Waals surface area contributed by atoms with Gasteiger partial charge in [-0.1, -0.05) is 13.0 Å². The number of carbonyl (C=O) groups excluding carboxylic acids is 1. The highest BCUT2D eigenvalue weighted by Gasteiger charge is 2.21. The van der Waals surface area contributed by atoms with Crippen molar-refractivity contribution in [3.8, 4) is 0 Å². The third-order valence-corrected chi connectivity index (χ3v) is 2.08. The lowest BCUT2D eigenvalue weighted by atomic mass is 10.2. The predicted octanol–water partition coefficient (Wildman–Crippen LogP) is 0.947. The van der Waals surface area contributed by atoms with Crippen molar-refractivity contribution in [1.29, 1.82) is 0 Å². The second-order valence-electron chi connectivity index (χ2n) is 3.40. The van der Waals surface area contributed by atoms with Gasteiger partial charge in [-0.2, -0.15) is 0 Å². The Hall–Kier alpha value is -1.36. The van der Waals surface area contributed by atoms with E-state index in [1.807, 2.05) is 0 Å². The molecule has 0 aromatic rings. The molecule has 5 nitrogen and oxygen atoms in total. The Kier molecular flexibility index (Phi) is 7.20. The summed E-state index contributed by atoms with van der Waals surface area (Å²) in [5.74, 6) is -1.44. The first-order valence-electron chi connectivity index (χ1n) is 5.28. The van der Waals surface area contributed by atoms with Gasteiger partial charge in [0.1, 0.15) is 12.1 Å². The van der Waals surface area contributed by atoms with Crippen LogP contribution < -0.4 is 5.32 Å². The fourth-order valence-electron chi connectivity index (χ4n) is 1.03. The Morgan fingerprint density at radius 3 is 2.62 bits per heavy atom. The molecule has 0 radical (unpaired) electrons. The van der Waals surface area contributed by atoms with Crippen LogP contribution in [0.15, 0.2) is 12.7 Å².